The predicted molar refractivity (Wildman–Crippen MR) is 57.3 cm³/mol. The van der Waals surface area contributed by atoms with E-state index in [1.807, 2.05) is 0 Å². The van der Waals surface area contributed by atoms with Crippen LogP contribution in [0.3, 0.4) is 0 Å². The van der Waals surface area contributed by atoms with Crippen molar-refractivity contribution >= 4 is 10.0 Å². The Kier molecular flexibility index (Phi) is 4.41. The number of nitrogens with zero attached hydrogens (tertiary/aromatic N) is 2. The molecule has 1 N–H and O–H groups in total. The fourth-order valence-corrected chi connectivity index (χ4v) is 2.84. The van der Waals surface area contributed by atoms with Crippen LogP contribution in [0.5, 0.6) is 0 Å². The monoisotopic (exact) mass is 286 g/mol. The summed E-state index contributed by atoms with van der Waals surface area (Å²) >= 11 is 0. The molecule has 9 heteroatoms. The van der Waals surface area contributed by atoms with Crippen molar-refractivity contribution in [1.29, 1.82) is 0 Å². The van der Waals surface area contributed by atoms with Crippen molar-refractivity contribution in [3.05, 3.63) is 18.5 Å². The molecule has 1 rings (SSSR count). The van der Waals surface area contributed by atoms with Gasteiger partial charge >= 0.3 is 6.18 Å². The Hall–Kier alpha value is -1.06. The molecule has 18 heavy (non-hydrogen) atoms. The second-order valence-electron chi connectivity index (χ2n) is 3.69. The van der Waals surface area contributed by atoms with Gasteiger partial charge in [-0.1, -0.05) is 0 Å². The van der Waals surface area contributed by atoms with Gasteiger partial charge < -0.3 is 9.67 Å². The summed E-state index contributed by atoms with van der Waals surface area (Å²) in [5.41, 5.74) is 0. The number of aliphatic hydroxyl groups excluding tert-OH is 1. The van der Waals surface area contributed by atoms with Crippen molar-refractivity contribution in [2.75, 3.05) is 19.7 Å². The van der Waals surface area contributed by atoms with Crippen LogP contribution < -0.4 is 0 Å². The van der Waals surface area contributed by atoms with Crippen molar-refractivity contribution in [2.24, 2.45) is 7.05 Å². The van der Waals surface area contributed by atoms with E-state index in [9.17, 15) is 21.6 Å². The highest BCUT2D eigenvalue weighted by Crippen LogP contribution is 2.22. The largest absolute Gasteiger partial charge is 0.402 e. The van der Waals surface area contributed by atoms with E-state index < -0.39 is 35.9 Å². The molecule has 1 aromatic heterocycles. The van der Waals surface area contributed by atoms with Crippen LogP contribution in [0.4, 0.5) is 13.2 Å². The summed E-state index contributed by atoms with van der Waals surface area (Å²) in [4.78, 5) is -0.234. The van der Waals surface area contributed by atoms with Gasteiger partial charge in [0.2, 0.25) is 10.0 Å². The van der Waals surface area contributed by atoms with Crippen molar-refractivity contribution in [1.82, 2.24) is 8.87 Å². The van der Waals surface area contributed by atoms with Gasteiger partial charge in [-0.05, 0) is 6.07 Å². The van der Waals surface area contributed by atoms with E-state index in [0.29, 0.717) is 0 Å². The first-order valence-corrected chi connectivity index (χ1v) is 6.40. The number of aryl methyl sites for hydroxylation is 1. The Morgan fingerprint density at radius 1 is 1.44 bits per heavy atom. The molecule has 0 bridgehead atoms. The third-order valence-corrected chi connectivity index (χ3v) is 3.98. The third kappa shape index (κ3) is 3.72. The minimum atomic E-state index is -4.66. The normalized spacial score (nSPS) is 13.2. The van der Waals surface area contributed by atoms with Crippen LogP contribution in [-0.4, -0.2) is 48.3 Å². The first kappa shape index (κ1) is 15.0. The molecule has 104 valence electrons. The Labute approximate surface area is 102 Å². The number of sulfonamides is 1. The molecule has 1 heterocycles. The van der Waals surface area contributed by atoms with Gasteiger partial charge in [-0.3, -0.25) is 0 Å². The second kappa shape index (κ2) is 5.29. The minimum Gasteiger partial charge on any atom is -0.395 e. The maximum atomic E-state index is 12.3. The summed E-state index contributed by atoms with van der Waals surface area (Å²) in [6.07, 6.45) is -2.04. The van der Waals surface area contributed by atoms with Gasteiger partial charge in [0.1, 0.15) is 6.54 Å². The Balaban J connectivity index is 3.04. The number of aliphatic hydroxyl groups is 1. The van der Waals surface area contributed by atoms with Gasteiger partial charge in [-0.25, -0.2) is 8.42 Å². The molecule has 0 atom stereocenters. The SMILES string of the molecule is Cn1ccc(S(=O)(=O)N(CCO)CC(F)(F)F)c1. The highest BCUT2D eigenvalue weighted by Gasteiger charge is 2.36. The fourth-order valence-electron chi connectivity index (χ4n) is 1.38. The number of aromatic nitrogens is 1. The van der Waals surface area contributed by atoms with Crippen molar-refractivity contribution in [3.8, 4) is 0 Å². The maximum absolute atomic E-state index is 12.3. The average Bonchev–Trinajstić information content (AvgIpc) is 2.63. The lowest BCUT2D eigenvalue weighted by Crippen LogP contribution is -2.40. The van der Waals surface area contributed by atoms with E-state index in [4.69, 9.17) is 5.11 Å². The summed E-state index contributed by atoms with van der Waals surface area (Å²) < 4.78 is 62.3. The molecule has 0 saturated heterocycles. The molecule has 0 fully saturated rings. The summed E-state index contributed by atoms with van der Waals surface area (Å²) in [5, 5.41) is 8.67. The number of rotatable bonds is 5. The van der Waals surface area contributed by atoms with Crippen LogP contribution in [-0.2, 0) is 17.1 Å². The number of hydrogen-bond donors (Lipinski definition) is 1. The Morgan fingerprint density at radius 3 is 2.44 bits per heavy atom. The molecule has 0 aliphatic heterocycles. The quantitative estimate of drug-likeness (QED) is 0.861. The zero-order valence-electron chi connectivity index (χ0n) is 9.55. The topological polar surface area (TPSA) is 62.5 Å². The molecule has 5 nitrogen and oxygen atoms in total. The minimum absolute atomic E-state index is 0.211. The van der Waals surface area contributed by atoms with Crippen LogP contribution in [0.15, 0.2) is 23.4 Å². The second-order valence-corrected chi connectivity index (χ2v) is 5.63. The molecule has 0 unspecified atom stereocenters. The van der Waals surface area contributed by atoms with E-state index >= 15 is 0 Å². The standard InChI is InChI=1S/C9H13F3N2O3S/c1-13-3-2-8(6-13)18(16,17)14(4-5-15)7-9(10,11)12/h2-3,6,15H,4-5,7H2,1H3. The molecule has 0 aliphatic carbocycles. The first-order chi connectivity index (χ1) is 8.16. The van der Waals surface area contributed by atoms with Crippen molar-refractivity contribution < 1.29 is 26.7 Å². The van der Waals surface area contributed by atoms with E-state index in [1.165, 1.54) is 23.0 Å². The predicted octanol–water partition coefficient (Wildman–Crippen LogP) is 0.570. The van der Waals surface area contributed by atoms with Gasteiger partial charge in [0.15, 0.2) is 0 Å². The van der Waals surface area contributed by atoms with E-state index in [-0.39, 0.29) is 9.20 Å². The molecular weight excluding hydrogens is 273 g/mol. The lowest BCUT2D eigenvalue weighted by Gasteiger charge is -2.21. The summed E-state index contributed by atoms with van der Waals surface area (Å²) in [6, 6.07) is 1.20. The molecular formula is C9H13F3N2O3S. The lowest BCUT2D eigenvalue weighted by molar-refractivity contribution is -0.136. The van der Waals surface area contributed by atoms with Crippen LogP contribution in [0, 0.1) is 0 Å². The van der Waals surface area contributed by atoms with E-state index in [1.54, 1.807) is 7.05 Å². The van der Waals surface area contributed by atoms with Crippen LogP contribution in [0.1, 0.15) is 0 Å². The fraction of sp³-hybridized carbons (Fsp3) is 0.556. The summed E-state index contributed by atoms with van der Waals surface area (Å²) in [7, 11) is -2.69. The highest BCUT2D eigenvalue weighted by atomic mass is 32.2. The summed E-state index contributed by atoms with van der Waals surface area (Å²) in [6.45, 7) is -2.90. The molecule has 0 saturated carbocycles. The lowest BCUT2D eigenvalue weighted by atomic mass is 10.6. The smallest absolute Gasteiger partial charge is 0.395 e. The van der Waals surface area contributed by atoms with E-state index in [0.717, 1.165) is 0 Å². The molecule has 1 aromatic rings. The van der Waals surface area contributed by atoms with Gasteiger partial charge in [0, 0.05) is 26.0 Å². The highest BCUT2D eigenvalue weighted by molar-refractivity contribution is 7.89. The number of alkyl halides is 3. The van der Waals surface area contributed by atoms with Gasteiger partial charge in [-0.15, -0.1) is 0 Å². The third-order valence-electron chi connectivity index (χ3n) is 2.15. The zero-order valence-corrected chi connectivity index (χ0v) is 10.4. The van der Waals surface area contributed by atoms with E-state index in [2.05, 4.69) is 0 Å². The molecule has 0 aromatic carbocycles. The molecule has 0 aliphatic rings. The number of hydrogen-bond acceptors (Lipinski definition) is 3. The molecule has 0 spiro atoms. The molecule has 0 amide bonds. The Bertz CT molecular complexity index is 495. The number of halogens is 3. The van der Waals surface area contributed by atoms with Crippen LogP contribution in [0.2, 0.25) is 0 Å². The first-order valence-electron chi connectivity index (χ1n) is 4.96. The summed E-state index contributed by atoms with van der Waals surface area (Å²) in [5.74, 6) is 0. The van der Waals surface area contributed by atoms with Crippen molar-refractivity contribution in [2.45, 2.75) is 11.1 Å². The van der Waals surface area contributed by atoms with Gasteiger partial charge in [0.25, 0.3) is 0 Å². The van der Waals surface area contributed by atoms with Crippen LogP contribution >= 0.6 is 0 Å². The van der Waals surface area contributed by atoms with Gasteiger partial charge in [-0.2, -0.15) is 17.5 Å². The van der Waals surface area contributed by atoms with Crippen LogP contribution in [0.25, 0.3) is 0 Å². The maximum Gasteiger partial charge on any atom is 0.402 e. The Morgan fingerprint density at radius 2 is 2.06 bits per heavy atom. The zero-order chi connectivity index (χ0) is 14.0. The average molecular weight is 286 g/mol. The van der Waals surface area contributed by atoms with Crippen molar-refractivity contribution in [3.63, 3.8) is 0 Å². The van der Waals surface area contributed by atoms with Gasteiger partial charge in [0.05, 0.1) is 11.5 Å². The molecule has 0 radical (unpaired) electrons.